The van der Waals surface area contributed by atoms with E-state index in [-0.39, 0.29) is 24.0 Å². The summed E-state index contributed by atoms with van der Waals surface area (Å²) >= 11 is 1.51. The van der Waals surface area contributed by atoms with Gasteiger partial charge in [0.05, 0.1) is 5.75 Å². The van der Waals surface area contributed by atoms with Gasteiger partial charge in [-0.25, -0.2) is 4.79 Å². The van der Waals surface area contributed by atoms with E-state index >= 15 is 0 Å². The highest BCUT2D eigenvalue weighted by Gasteiger charge is 2.16. The Labute approximate surface area is 119 Å². The van der Waals surface area contributed by atoms with Gasteiger partial charge in [0.1, 0.15) is 0 Å². The standard InChI is InChI=1S/C13H25N3O2S/c1-10(14)7-8-19-9-12(17)16-13(18)15-11-5-3-2-4-6-11/h10-11H,2-9,14H2,1H3,(H2,15,16,17,18). The lowest BCUT2D eigenvalue weighted by atomic mass is 9.96. The number of nitrogens with one attached hydrogen (secondary N) is 2. The van der Waals surface area contributed by atoms with Gasteiger partial charge in [0, 0.05) is 12.1 Å². The highest BCUT2D eigenvalue weighted by molar-refractivity contribution is 7.99. The number of hydrogen-bond acceptors (Lipinski definition) is 4. The van der Waals surface area contributed by atoms with E-state index in [0.29, 0.717) is 5.75 Å². The van der Waals surface area contributed by atoms with Gasteiger partial charge in [-0.3, -0.25) is 10.1 Å². The molecule has 0 aromatic heterocycles. The van der Waals surface area contributed by atoms with Gasteiger partial charge in [-0.05, 0) is 31.9 Å². The van der Waals surface area contributed by atoms with Gasteiger partial charge in [-0.1, -0.05) is 19.3 Å². The van der Waals surface area contributed by atoms with Crippen LogP contribution in [-0.4, -0.2) is 35.5 Å². The summed E-state index contributed by atoms with van der Waals surface area (Å²) in [5.74, 6) is 0.920. The molecular formula is C13H25N3O2S. The van der Waals surface area contributed by atoms with E-state index in [1.54, 1.807) is 0 Å². The fourth-order valence-electron chi connectivity index (χ4n) is 2.07. The van der Waals surface area contributed by atoms with Crippen LogP contribution < -0.4 is 16.4 Å². The molecule has 1 saturated carbocycles. The Hall–Kier alpha value is -0.750. The number of nitrogens with two attached hydrogens (primary N) is 1. The van der Waals surface area contributed by atoms with Crippen LogP contribution in [-0.2, 0) is 4.79 Å². The van der Waals surface area contributed by atoms with Crippen LogP contribution in [0.15, 0.2) is 0 Å². The van der Waals surface area contributed by atoms with Crippen molar-refractivity contribution in [2.45, 2.75) is 57.5 Å². The van der Waals surface area contributed by atoms with Gasteiger partial charge >= 0.3 is 6.03 Å². The first-order valence-electron chi connectivity index (χ1n) is 7.01. The van der Waals surface area contributed by atoms with Crippen LogP contribution in [0.25, 0.3) is 0 Å². The first-order chi connectivity index (χ1) is 9.08. The van der Waals surface area contributed by atoms with E-state index in [4.69, 9.17) is 5.73 Å². The first-order valence-corrected chi connectivity index (χ1v) is 8.17. The molecule has 1 fully saturated rings. The molecule has 110 valence electrons. The van der Waals surface area contributed by atoms with Crippen molar-refractivity contribution in [1.29, 1.82) is 0 Å². The lowest BCUT2D eigenvalue weighted by Crippen LogP contribution is -2.45. The number of imide groups is 1. The minimum atomic E-state index is -0.357. The SMILES string of the molecule is CC(N)CCSCC(=O)NC(=O)NC1CCCCC1. The van der Waals surface area contributed by atoms with E-state index < -0.39 is 0 Å². The largest absolute Gasteiger partial charge is 0.335 e. The Morgan fingerprint density at radius 1 is 1.32 bits per heavy atom. The Bertz CT molecular complexity index is 292. The Morgan fingerprint density at radius 3 is 2.63 bits per heavy atom. The number of urea groups is 1. The summed E-state index contributed by atoms with van der Waals surface area (Å²) in [4.78, 5) is 23.1. The van der Waals surface area contributed by atoms with E-state index in [1.165, 1.54) is 18.2 Å². The van der Waals surface area contributed by atoms with Crippen molar-refractivity contribution in [1.82, 2.24) is 10.6 Å². The predicted octanol–water partition coefficient (Wildman–Crippen LogP) is 1.62. The number of amides is 3. The molecule has 1 atom stereocenters. The van der Waals surface area contributed by atoms with Gasteiger partial charge in [0.2, 0.25) is 5.91 Å². The van der Waals surface area contributed by atoms with Gasteiger partial charge in [0.15, 0.2) is 0 Å². The molecule has 0 spiro atoms. The highest BCUT2D eigenvalue weighted by atomic mass is 32.2. The lowest BCUT2D eigenvalue weighted by molar-refractivity contribution is -0.117. The quantitative estimate of drug-likeness (QED) is 0.648. The summed E-state index contributed by atoms with van der Waals surface area (Å²) in [6.45, 7) is 1.94. The maximum Gasteiger partial charge on any atom is 0.321 e. The van der Waals surface area contributed by atoms with Crippen LogP contribution in [0, 0.1) is 0 Å². The molecule has 1 aliphatic carbocycles. The number of thioether (sulfide) groups is 1. The van der Waals surface area contributed by atoms with Crippen molar-refractivity contribution >= 4 is 23.7 Å². The molecule has 19 heavy (non-hydrogen) atoms. The van der Waals surface area contributed by atoms with E-state index in [0.717, 1.165) is 37.9 Å². The zero-order valence-electron chi connectivity index (χ0n) is 11.6. The topological polar surface area (TPSA) is 84.2 Å². The lowest BCUT2D eigenvalue weighted by Gasteiger charge is -2.22. The molecule has 0 radical (unpaired) electrons. The van der Waals surface area contributed by atoms with Crippen molar-refractivity contribution in [2.75, 3.05) is 11.5 Å². The molecule has 0 aliphatic heterocycles. The smallest absolute Gasteiger partial charge is 0.321 e. The second-order valence-corrected chi connectivity index (χ2v) is 6.28. The maximum absolute atomic E-state index is 11.6. The summed E-state index contributed by atoms with van der Waals surface area (Å²) in [7, 11) is 0. The van der Waals surface area contributed by atoms with E-state index in [1.807, 2.05) is 6.92 Å². The molecule has 0 heterocycles. The number of carbonyl (C=O) groups excluding carboxylic acids is 2. The molecule has 0 bridgehead atoms. The number of carbonyl (C=O) groups is 2. The molecule has 6 heteroatoms. The van der Waals surface area contributed by atoms with Crippen LogP contribution >= 0.6 is 11.8 Å². The van der Waals surface area contributed by atoms with Crippen molar-refractivity contribution in [3.8, 4) is 0 Å². The average molecular weight is 287 g/mol. The molecule has 0 aromatic carbocycles. The Balaban J connectivity index is 2.08. The van der Waals surface area contributed by atoms with Gasteiger partial charge in [-0.2, -0.15) is 11.8 Å². The second kappa shape index (κ2) is 9.20. The normalized spacial score (nSPS) is 17.8. The van der Waals surface area contributed by atoms with Crippen LogP contribution in [0.5, 0.6) is 0 Å². The Morgan fingerprint density at radius 2 is 2.00 bits per heavy atom. The molecule has 1 unspecified atom stereocenters. The average Bonchev–Trinajstić information content (AvgIpc) is 2.35. The number of rotatable bonds is 6. The zero-order valence-corrected chi connectivity index (χ0v) is 12.4. The summed E-state index contributed by atoms with van der Waals surface area (Å²) in [5.41, 5.74) is 5.62. The summed E-state index contributed by atoms with van der Waals surface area (Å²) in [6, 6.07) is 0.0298. The first kappa shape index (κ1) is 16.3. The van der Waals surface area contributed by atoms with Crippen LogP contribution in [0.1, 0.15) is 45.4 Å². The molecule has 5 nitrogen and oxygen atoms in total. The molecule has 0 aromatic rings. The van der Waals surface area contributed by atoms with Crippen molar-refractivity contribution in [2.24, 2.45) is 5.73 Å². The number of hydrogen-bond donors (Lipinski definition) is 3. The van der Waals surface area contributed by atoms with Gasteiger partial charge in [0.25, 0.3) is 0 Å². The monoisotopic (exact) mass is 287 g/mol. The van der Waals surface area contributed by atoms with Crippen molar-refractivity contribution in [3.05, 3.63) is 0 Å². The Kier molecular flexibility index (Phi) is 7.90. The third-order valence-corrected chi connectivity index (χ3v) is 4.13. The predicted molar refractivity (Wildman–Crippen MR) is 79.1 cm³/mol. The van der Waals surface area contributed by atoms with Gasteiger partial charge in [-0.15, -0.1) is 0 Å². The van der Waals surface area contributed by atoms with Crippen LogP contribution in [0.2, 0.25) is 0 Å². The minimum Gasteiger partial charge on any atom is -0.335 e. The molecule has 4 N–H and O–H groups in total. The van der Waals surface area contributed by atoms with Crippen molar-refractivity contribution in [3.63, 3.8) is 0 Å². The second-order valence-electron chi connectivity index (χ2n) is 5.18. The molecule has 3 amide bonds. The minimum absolute atomic E-state index is 0.158. The third-order valence-electron chi connectivity index (χ3n) is 3.14. The van der Waals surface area contributed by atoms with E-state index in [9.17, 15) is 9.59 Å². The summed E-state index contributed by atoms with van der Waals surface area (Å²) in [6.07, 6.45) is 6.48. The summed E-state index contributed by atoms with van der Waals surface area (Å²) in [5, 5.41) is 5.23. The fraction of sp³-hybridized carbons (Fsp3) is 0.846. The molecule has 1 aliphatic rings. The van der Waals surface area contributed by atoms with E-state index in [2.05, 4.69) is 10.6 Å². The highest BCUT2D eigenvalue weighted by Crippen LogP contribution is 2.17. The van der Waals surface area contributed by atoms with Gasteiger partial charge < -0.3 is 11.1 Å². The zero-order chi connectivity index (χ0) is 14.1. The maximum atomic E-state index is 11.6. The third kappa shape index (κ3) is 8.10. The molecule has 0 saturated heterocycles. The summed E-state index contributed by atoms with van der Waals surface area (Å²) < 4.78 is 0. The molecule has 1 rings (SSSR count). The molecular weight excluding hydrogens is 262 g/mol. The van der Waals surface area contributed by atoms with Crippen molar-refractivity contribution < 1.29 is 9.59 Å². The fourth-order valence-corrected chi connectivity index (χ4v) is 3.01. The van der Waals surface area contributed by atoms with Crippen LogP contribution in [0.3, 0.4) is 0 Å². The van der Waals surface area contributed by atoms with Crippen LogP contribution in [0.4, 0.5) is 4.79 Å².